The highest BCUT2D eigenvalue weighted by Gasteiger charge is 2.36. The maximum Gasteiger partial charge on any atom is 0.355 e. The first-order chi connectivity index (χ1) is 9.84. The highest BCUT2D eigenvalue weighted by atomic mass is 32.2. The molecule has 1 aromatic rings. The molecule has 2 N–H and O–H groups in total. The normalized spacial score (nSPS) is 18.1. The van der Waals surface area contributed by atoms with Gasteiger partial charge in [-0.05, 0) is 24.6 Å². The smallest absolute Gasteiger partial charge is 0.355 e. The van der Waals surface area contributed by atoms with Crippen LogP contribution < -0.4 is 5.43 Å². The number of nitrogens with zero attached hydrogens (tertiary/aromatic N) is 1. The van der Waals surface area contributed by atoms with Gasteiger partial charge in [0, 0.05) is 0 Å². The fourth-order valence-electron chi connectivity index (χ4n) is 1.88. The van der Waals surface area contributed by atoms with Crippen molar-refractivity contribution < 1.29 is 27.3 Å². The van der Waals surface area contributed by atoms with Gasteiger partial charge in [0.15, 0.2) is 5.71 Å². The Morgan fingerprint density at radius 3 is 2.52 bits per heavy atom. The van der Waals surface area contributed by atoms with Crippen molar-refractivity contribution in [3.05, 3.63) is 29.8 Å². The second-order valence-electron chi connectivity index (χ2n) is 4.17. The summed E-state index contributed by atoms with van der Waals surface area (Å²) < 4.78 is 35.6. The van der Waals surface area contributed by atoms with E-state index >= 15 is 0 Å². The lowest BCUT2D eigenvalue weighted by molar-refractivity contribution is -0.135. The topological polar surface area (TPSA) is 122 Å². The Balaban J connectivity index is 2.33. The molecule has 0 fully saturated rings. The quantitative estimate of drug-likeness (QED) is 0.599. The van der Waals surface area contributed by atoms with Crippen LogP contribution in [0, 0.1) is 0 Å². The van der Waals surface area contributed by atoms with Crippen molar-refractivity contribution in [3.8, 4) is 0 Å². The van der Waals surface area contributed by atoms with Crippen LogP contribution in [0.25, 0.3) is 0 Å². The zero-order valence-corrected chi connectivity index (χ0v) is 11.8. The number of rotatable bonds is 4. The maximum absolute atomic E-state index is 11.8. The third-order valence-corrected chi connectivity index (χ3v) is 3.69. The molecule has 1 amide bonds. The fraction of sp³-hybridized carbons (Fsp3) is 0.250. The van der Waals surface area contributed by atoms with E-state index in [1.807, 2.05) is 0 Å². The van der Waals surface area contributed by atoms with Crippen LogP contribution in [0.5, 0.6) is 0 Å². The van der Waals surface area contributed by atoms with Crippen molar-refractivity contribution in [1.82, 2.24) is 5.43 Å². The van der Waals surface area contributed by atoms with E-state index in [1.165, 1.54) is 12.1 Å². The molecular weight excluding hydrogens is 300 g/mol. The molecule has 0 saturated carbocycles. The molecule has 1 aliphatic rings. The molecule has 1 aliphatic heterocycles. The van der Waals surface area contributed by atoms with Crippen LogP contribution in [0.4, 0.5) is 0 Å². The number of amides is 1. The molecule has 0 aliphatic carbocycles. The second kappa shape index (κ2) is 5.62. The molecule has 0 radical (unpaired) electrons. The molecule has 1 unspecified atom stereocenters. The Bertz CT molecular complexity index is 708. The number of benzene rings is 1. The van der Waals surface area contributed by atoms with E-state index in [0.717, 1.165) is 12.1 Å². The SMILES string of the molecule is CCOC(=O)C1=NNC(=O)C1c1ccc(S(=O)(=O)O)cc1. The third kappa shape index (κ3) is 3.09. The Kier molecular flexibility index (Phi) is 4.05. The van der Waals surface area contributed by atoms with Crippen molar-refractivity contribution >= 4 is 27.7 Å². The molecule has 0 aromatic heterocycles. The molecule has 1 aromatic carbocycles. The standard InChI is InChI=1S/C12H12N2O6S/c1-2-20-12(16)10-9(11(15)14-13-10)7-3-5-8(6-4-7)21(17,18)19/h3-6,9H,2H2,1H3,(H,14,15)(H,17,18,19). The van der Waals surface area contributed by atoms with Gasteiger partial charge in [-0.1, -0.05) is 12.1 Å². The Morgan fingerprint density at radius 2 is 2.00 bits per heavy atom. The Labute approximate surface area is 120 Å². The van der Waals surface area contributed by atoms with Gasteiger partial charge in [0.1, 0.15) is 5.92 Å². The minimum atomic E-state index is -4.32. The van der Waals surface area contributed by atoms with E-state index in [4.69, 9.17) is 9.29 Å². The Morgan fingerprint density at radius 1 is 1.38 bits per heavy atom. The largest absolute Gasteiger partial charge is 0.461 e. The summed E-state index contributed by atoms with van der Waals surface area (Å²) in [5.74, 6) is -2.21. The van der Waals surface area contributed by atoms with Gasteiger partial charge in [0.05, 0.1) is 11.5 Å². The van der Waals surface area contributed by atoms with Crippen LogP contribution >= 0.6 is 0 Å². The van der Waals surface area contributed by atoms with Gasteiger partial charge >= 0.3 is 5.97 Å². The van der Waals surface area contributed by atoms with E-state index in [9.17, 15) is 18.0 Å². The fourth-order valence-corrected chi connectivity index (χ4v) is 2.36. The number of carbonyl (C=O) groups is 2. The highest BCUT2D eigenvalue weighted by Crippen LogP contribution is 2.23. The molecule has 1 atom stereocenters. The summed E-state index contributed by atoms with van der Waals surface area (Å²) in [4.78, 5) is 23.2. The molecule has 21 heavy (non-hydrogen) atoms. The van der Waals surface area contributed by atoms with Gasteiger partial charge in [-0.3, -0.25) is 9.35 Å². The van der Waals surface area contributed by atoms with Gasteiger partial charge < -0.3 is 4.74 Å². The van der Waals surface area contributed by atoms with Crippen molar-refractivity contribution in [2.24, 2.45) is 5.10 Å². The number of nitrogens with one attached hydrogen (secondary N) is 1. The van der Waals surface area contributed by atoms with Crippen LogP contribution in [-0.4, -0.2) is 37.2 Å². The van der Waals surface area contributed by atoms with E-state index in [-0.39, 0.29) is 17.2 Å². The first kappa shape index (κ1) is 15.1. The van der Waals surface area contributed by atoms with Gasteiger partial charge in [0.2, 0.25) is 0 Å². The average Bonchev–Trinajstić information content (AvgIpc) is 2.80. The van der Waals surface area contributed by atoms with Gasteiger partial charge in [0.25, 0.3) is 16.0 Å². The van der Waals surface area contributed by atoms with E-state index in [2.05, 4.69) is 10.5 Å². The van der Waals surface area contributed by atoms with Crippen molar-refractivity contribution in [2.45, 2.75) is 17.7 Å². The molecule has 0 bridgehead atoms. The summed E-state index contributed by atoms with van der Waals surface area (Å²) in [6, 6.07) is 4.93. The zero-order valence-electron chi connectivity index (χ0n) is 10.9. The van der Waals surface area contributed by atoms with Crippen molar-refractivity contribution in [3.63, 3.8) is 0 Å². The molecule has 8 nitrogen and oxygen atoms in total. The van der Waals surface area contributed by atoms with Crippen LogP contribution in [0.3, 0.4) is 0 Å². The van der Waals surface area contributed by atoms with Gasteiger partial charge in [-0.15, -0.1) is 0 Å². The van der Waals surface area contributed by atoms with Crippen molar-refractivity contribution in [2.75, 3.05) is 6.61 Å². The number of hydrazone groups is 1. The first-order valence-corrected chi connectivity index (χ1v) is 7.40. The first-order valence-electron chi connectivity index (χ1n) is 5.96. The summed E-state index contributed by atoms with van der Waals surface area (Å²) in [5.41, 5.74) is 2.45. The molecular formula is C12H12N2O6S. The van der Waals surface area contributed by atoms with E-state index in [1.54, 1.807) is 6.92 Å². The van der Waals surface area contributed by atoms with E-state index < -0.39 is 27.9 Å². The van der Waals surface area contributed by atoms with Crippen LogP contribution in [-0.2, 0) is 24.4 Å². The lowest BCUT2D eigenvalue weighted by Gasteiger charge is -2.10. The third-order valence-electron chi connectivity index (χ3n) is 2.82. The van der Waals surface area contributed by atoms with Gasteiger partial charge in [-0.25, -0.2) is 10.2 Å². The second-order valence-corrected chi connectivity index (χ2v) is 5.59. The lowest BCUT2D eigenvalue weighted by Crippen LogP contribution is -2.27. The van der Waals surface area contributed by atoms with E-state index in [0.29, 0.717) is 5.56 Å². The maximum atomic E-state index is 11.8. The zero-order chi connectivity index (χ0) is 15.6. The summed E-state index contributed by atoms with van der Waals surface area (Å²) in [7, 11) is -4.32. The number of carbonyl (C=O) groups excluding carboxylic acids is 2. The monoisotopic (exact) mass is 312 g/mol. The molecule has 112 valence electrons. The number of hydrogen-bond donors (Lipinski definition) is 2. The van der Waals surface area contributed by atoms with Crippen LogP contribution in [0.15, 0.2) is 34.3 Å². The van der Waals surface area contributed by atoms with Gasteiger partial charge in [-0.2, -0.15) is 13.5 Å². The summed E-state index contributed by atoms with van der Waals surface area (Å²) in [6.07, 6.45) is 0. The molecule has 9 heteroatoms. The molecule has 0 spiro atoms. The predicted octanol–water partition coefficient (Wildman–Crippen LogP) is 0.0658. The summed E-state index contributed by atoms with van der Waals surface area (Å²) in [6.45, 7) is 1.76. The number of hydrogen-bond acceptors (Lipinski definition) is 6. The van der Waals surface area contributed by atoms with Crippen molar-refractivity contribution in [1.29, 1.82) is 0 Å². The van der Waals surface area contributed by atoms with Crippen LogP contribution in [0.2, 0.25) is 0 Å². The van der Waals surface area contributed by atoms with Crippen LogP contribution in [0.1, 0.15) is 18.4 Å². The molecule has 0 saturated heterocycles. The molecule has 2 rings (SSSR count). The minimum absolute atomic E-state index is 0.0959. The average molecular weight is 312 g/mol. The lowest BCUT2D eigenvalue weighted by atomic mass is 9.94. The number of esters is 1. The highest BCUT2D eigenvalue weighted by molar-refractivity contribution is 7.85. The Hall–Kier alpha value is -2.26. The number of ether oxygens (including phenoxy) is 1. The summed E-state index contributed by atoms with van der Waals surface area (Å²) >= 11 is 0. The molecule has 1 heterocycles. The summed E-state index contributed by atoms with van der Waals surface area (Å²) in [5, 5.41) is 3.64. The minimum Gasteiger partial charge on any atom is -0.461 e. The predicted molar refractivity (Wildman–Crippen MR) is 71.2 cm³/mol.